The van der Waals surface area contributed by atoms with Crippen molar-refractivity contribution >= 4 is 5.91 Å². The maximum atomic E-state index is 12.3. The summed E-state index contributed by atoms with van der Waals surface area (Å²) < 4.78 is 0. The van der Waals surface area contributed by atoms with Crippen LogP contribution in [0.15, 0.2) is 30.3 Å². The van der Waals surface area contributed by atoms with E-state index < -0.39 is 0 Å². The van der Waals surface area contributed by atoms with Crippen LogP contribution in [0.25, 0.3) is 0 Å². The van der Waals surface area contributed by atoms with Gasteiger partial charge < -0.3 is 10.0 Å². The van der Waals surface area contributed by atoms with Crippen molar-refractivity contribution in [2.45, 2.75) is 38.2 Å². The van der Waals surface area contributed by atoms with E-state index in [-0.39, 0.29) is 12.0 Å². The first kappa shape index (κ1) is 16.5. The summed E-state index contributed by atoms with van der Waals surface area (Å²) in [6, 6.07) is 9.93. The zero-order chi connectivity index (χ0) is 16.1. The quantitative estimate of drug-likeness (QED) is 0.928. The maximum Gasteiger partial charge on any atom is 0.236 e. The monoisotopic (exact) mass is 316 g/mol. The Balaban J connectivity index is 1.45. The lowest BCUT2D eigenvalue weighted by Gasteiger charge is -2.35. The Bertz CT molecular complexity index is 491. The van der Waals surface area contributed by atoms with Crippen LogP contribution < -0.4 is 0 Å². The largest absolute Gasteiger partial charge is 0.388 e. The molecule has 0 saturated carbocycles. The standard InChI is InChI=1S/C19H28N2O2/c22-18(21-11-5-2-6-12-21)15-20-13-9-17(10-14-20)19(23)16-7-3-1-4-8-16/h1,3-4,7-8,17,19,23H,2,5-6,9-15H2. The number of nitrogens with zero attached hydrogens (tertiary/aromatic N) is 2. The van der Waals surface area contributed by atoms with Gasteiger partial charge >= 0.3 is 0 Å². The highest BCUT2D eigenvalue weighted by Crippen LogP contribution is 2.30. The minimum atomic E-state index is -0.379. The molecule has 1 aromatic carbocycles. The number of benzene rings is 1. The number of likely N-dealkylation sites (tertiary alicyclic amines) is 2. The highest BCUT2D eigenvalue weighted by molar-refractivity contribution is 5.78. The van der Waals surface area contributed by atoms with E-state index in [2.05, 4.69) is 4.90 Å². The normalized spacial score (nSPS) is 22.0. The number of piperidine rings is 2. The summed E-state index contributed by atoms with van der Waals surface area (Å²) in [7, 11) is 0. The second kappa shape index (κ2) is 7.93. The fraction of sp³-hybridized carbons (Fsp3) is 0.632. The molecule has 2 aliphatic rings. The van der Waals surface area contributed by atoms with Gasteiger partial charge in [-0.1, -0.05) is 30.3 Å². The summed E-state index contributed by atoms with van der Waals surface area (Å²) in [5, 5.41) is 10.5. The Hall–Kier alpha value is -1.39. The average Bonchev–Trinajstić information content (AvgIpc) is 2.63. The van der Waals surface area contributed by atoms with Crippen molar-refractivity contribution in [3.05, 3.63) is 35.9 Å². The van der Waals surface area contributed by atoms with Crippen LogP contribution in [-0.2, 0) is 4.79 Å². The molecule has 126 valence electrons. The number of hydrogen-bond acceptors (Lipinski definition) is 3. The molecule has 0 aromatic heterocycles. The summed E-state index contributed by atoms with van der Waals surface area (Å²) in [6.45, 7) is 4.24. The lowest BCUT2D eigenvalue weighted by molar-refractivity contribution is -0.133. The van der Waals surface area contributed by atoms with Gasteiger partial charge in [0, 0.05) is 13.1 Å². The molecule has 2 heterocycles. The predicted octanol–water partition coefficient (Wildman–Crippen LogP) is 2.44. The van der Waals surface area contributed by atoms with Gasteiger partial charge in [-0.2, -0.15) is 0 Å². The molecular weight excluding hydrogens is 288 g/mol. The van der Waals surface area contributed by atoms with Crippen molar-refractivity contribution < 1.29 is 9.90 Å². The zero-order valence-electron chi connectivity index (χ0n) is 13.9. The van der Waals surface area contributed by atoms with Gasteiger partial charge in [0.2, 0.25) is 5.91 Å². The molecule has 2 fully saturated rings. The first-order valence-electron chi connectivity index (χ1n) is 8.97. The molecule has 1 amide bonds. The highest BCUT2D eigenvalue weighted by Gasteiger charge is 2.28. The Kier molecular flexibility index (Phi) is 5.68. The third-order valence-electron chi connectivity index (χ3n) is 5.29. The predicted molar refractivity (Wildman–Crippen MR) is 91.0 cm³/mol. The van der Waals surface area contributed by atoms with Crippen LogP contribution in [0.1, 0.15) is 43.8 Å². The summed E-state index contributed by atoms with van der Waals surface area (Å²) in [5.41, 5.74) is 1.01. The molecule has 4 heteroatoms. The van der Waals surface area contributed by atoms with Crippen LogP contribution in [0, 0.1) is 5.92 Å². The van der Waals surface area contributed by atoms with Gasteiger partial charge in [-0.15, -0.1) is 0 Å². The van der Waals surface area contributed by atoms with Gasteiger partial charge in [-0.25, -0.2) is 0 Å². The molecule has 0 spiro atoms. The van der Waals surface area contributed by atoms with Gasteiger partial charge in [0.1, 0.15) is 0 Å². The summed E-state index contributed by atoms with van der Waals surface area (Å²) >= 11 is 0. The van der Waals surface area contributed by atoms with E-state index in [1.54, 1.807) is 0 Å². The topological polar surface area (TPSA) is 43.8 Å². The molecule has 1 aromatic rings. The first-order chi connectivity index (χ1) is 11.2. The summed E-state index contributed by atoms with van der Waals surface area (Å²) in [5.74, 6) is 0.588. The van der Waals surface area contributed by atoms with E-state index in [9.17, 15) is 9.90 Å². The number of hydrogen-bond donors (Lipinski definition) is 1. The van der Waals surface area contributed by atoms with E-state index >= 15 is 0 Å². The number of rotatable bonds is 4. The molecule has 1 unspecified atom stereocenters. The van der Waals surface area contributed by atoms with Crippen LogP contribution in [0.3, 0.4) is 0 Å². The van der Waals surface area contributed by atoms with Gasteiger partial charge in [0.05, 0.1) is 12.6 Å². The first-order valence-corrected chi connectivity index (χ1v) is 8.97. The third-order valence-corrected chi connectivity index (χ3v) is 5.29. The molecule has 3 rings (SSSR count). The number of carbonyl (C=O) groups is 1. The number of amides is 1. The highest BCUT2D eigenvalue weighted by atomic mass is 16.3. The Morgan fingerprint density at radius 3 is 2.35 bits per heavy atom. The van der Waals surface area contributed by atoms with Crippen molar-refractivity contribution in [1.29, 1.82) is 0 Å². The molecule has 2 aliphatic heterocycles. The van der Waals surface area contributed by atoms with Crippen molar-refractivity contribution in [2.75, 3.05) is 32.7 Å². The van der Waals surface area contributed by atoms with Gasteiger partial charge in [0.25, 0.3) is 0 Å². The van der Waals surface area contributed by atoms with Crippen molar-refractivity contribution in [3.8, 4) is 0 Å². The molecule has 23 heavy (non-hydrogen) atoms. The van der Waals surface area contributed by atoms with Gasteiger partial charge in [0.15, 0.2) is 0 Å². The lowest BCUT2D eigenvalue weighted by Crippen LogP contribution is -2.45. The van der Waals surface area contributed by atoms with E-state index in [4.69, 9.17) is 0 Å². The van der Waals surface area contributed by atoms with Crippen molar-refractivity contribution in [1.82, 2.24) is 9.80 Å². The maximum absolute atomic E-state index is 12.3. The minimum absolute atomic E-state index is 0.284. The average molecular weight is 316 g/mol. The van der Waals surface area contributed by atoms with E-state index in [1.165, 1.54) is 6.42 Å². The summed E-state index contributed by atoms with van der Waals surface area (Å²) in [4.78, 5) is 16.6. The number of aliphatic hydroxyl groups excluding tert-OH is 1. The Labute approximate surface area is 139 Å². The second-order valence-electron chi connectivity index (χ2n) is 6.91. The number of carbonyl (C=O) groups excluding carboxylic acids is 1. The molecular formula is C19H28N2O2. The zero-order valence-corrected chi connectivity index (χ0v) is 13.9. The Morgan fingerprint density at radius 1 is 1.04 bits per heavy atom. The lowest BCUT2D eigenvalue weighted by atomic mass is 9.87. The van der Waals surface area contributed by atoms with Gasteiger partial charge in [-0.05, 0) is 56.7 Å². The SMILES string of the molecule is O=C(CN1CCC(C(O)c2ccccc2)CC1)N1CCCCC1. The smallest absolute Gasteiger partial charge is 0.236 e. The third kappa shape index (κ3) is 4.33. The summed E-state index contributed by atoms with van der Waals surface area (Å²) in [6.07, 6.45) is 5.10. The van der Waals surface area contributed by atoms with Crippen LogP contribution >= 0.6 is 0 Å². The Morgan fingerprint density at radius 2 is 1.70 bits per heavy atom. The van der Waals surface area contributed by atoms with Crippen LogP contribution in [0.2, 0.25) is 0 Å². The molecule has 4 nitrogen and oxygen atoms in total. The van der Waals surface area contributed by atoms with E-state index in [0.717, 1.165) is 57.4 Å². The molecule has 0 radical (unpaired) electrons. The fourth-order valence-electron chi connectivity index (χ4n) is 3.78. The molecule has 1 N–H and O–H groups in total. The van der Waals surface area contributed by atoms with E-state index in [1.807, 2.05) is 35.2 Å². The number of aliphatic hydroxyl groups is 1. The fourth-order valence-corrected chi connectivity index (χ4v) is 3.78. The molecule has 0 bridgehead atoms. The molecule has 2 saturated heterocycles. The minimum Gasteiger partial charge on any atom is -0.388 e. The van der Waals surface area contributed by atoms with Crippen LogP contribution in [0.5, 0.6) is 0 Å². The van der Waals surface area contributed by atoms with Crippen LogP contribution in [0.4, 0.5) is 0 Å². The van der Waals surface area contributed by atoms with Gasteiger partial charge in [-0.3, -0.25) is 9.69 Å². The second-order valence-corrected chi connectivity index (χ2v) is 6.91. The van der Waals surface area contributed by atoms with Crippen molar-refractivity contribution in [2.24, 2.45) is 5.92 Å². The molecule has 1 atom stereocenters. The van der Waals surface area contributed by atoms with Crippen molar-refractivity contribution in [3.63, 3.8) is 0 Å². The van der Waals surface area contributed by atoms with Crippen LogP contribution in [-0.4, -0.2) is 53.5 Å². The molecule has 0 aliphatic carbocycles. The van der Waals surface area contributed by atoms with E-state index in [0.29, 0.717) is 12.5 Å².